The summed E-state index contributed by atoms with van der Waals surface area (Å²) in [5.41, 5.74) is -2.60. The highest BCUT2D eigenvalue weighted by Crippen LogP contribution is 2.38. The first-order chi connectivity index (χ1) is 11.6. The Morgan fingerprint density at radius 2 is 1.68 bits per heavy atom. The lowest BCUT2D eigenvalue weighted by molar-refractivity contribution is -0.384. The monoisotopic (exact) mass is 357 g/mol. The van der Waals surface area contributed by atoms with Crippen LogP contribution in [0.15, 0.2) is 36.4 Å². The molecule has 0 fully saturated rings. The molecule has 25 heavy (non-hydrogen) atoms. The summed E-state index contributed by atoms with van der Waals surface area (Å²) in [5, 5.41) is 24.4. The summed E-state index contributed by atoms with van der Waals surface area (Å²) in [6.07, 6.45) is -4.74. The molecule has 0 bridgehead atoms. The van der Waals surface area contributed by atoms with Crippen molar-refractivity contribution in [2.45, 2.75) is 6.18 Å². The molecule has 0 saturated carbocycles. The predicted molar refractivity (Wildman–Crippen MR) is 81.0 cm³/mol. The molecule has 1 N–H and O–H groups in total. The molecule has 0 aliphatic rings. The number of nitro groups is 2. The fraction of sp³-hybridized carbons (Fsp3) is 0.143. The zero-order valence-corrected chi connectivity index (χ0v) is 12.5. The lowest BCUT2D eigenvalue weighted by atomic mass is 10.1. The first-order valence-corrected chi connectivity index (χ1v) is 6.58. The third kappa shape index (κ3) is 3.94. The molecular formula is C14H10F3N3O5. The fourth-order valence-corrected chi connectivity index (χ4v) is 2.02. The third-order valence-electron chi connectivity index (χ3n) is 3.18. The van der Waals surface area contributed by atoms with E-state index in [9.17, 15) is 33.4 Å². The Morgan fingerprint density at radius 1 is 1.00 bits per heavy atom. The quantitative estimate of drug-likeness (QED) is 0.632. The van der Waals surface area contributed by atoms with Gasteiger partial charge in [0, 0.05) is 18.2 Å². The molecule has 0 spiro atoms. The van der Waals surface area contributed by atoms with Crippen molar-refractivity contribution in [3.8, 4) is 5.75 Å². The number of hydrogen-bond donors (Lipinski definition) is 1. The molecule has 0 amide bonds. The van der Waals surface area contributed by atoms with Crippen LogP contribution in [0.2, 0.25) is 0 Å². The molecular weight excluding hydrogens is 347 g/mol. The molecule has 132 valence electrons. The standard InChI is InChI=1S/C14H10F3N3O5/c1-25-13-5-3-9(19(21)22)7-11(13)18-10-4-2-8(14(15,16)17)6-12(10)20(23)24/h2-7,18H,1H3. The number of nitro benzene ring substituents is 2. The Bertz CT molecular complexity index is 839. The maximum atomic E-state index is 12.7. The molecule has 0 saturated heterocycles. The van der Waals surface area contributed by atoms with Gasteiger partial charge in [0.1, 0.15) is 11.4 Å². The Balaban J connectivity index is 2.51. The van der Waals surface area contributed by atoms with Gasteiger partial charge in [0.15, 0.2) is 0 Å². The highest BCUT2D eigenvalue weighted by atomic mass is 19.4. The molecule has 11 heteroatoms. The van der Waals surface area contributed by atoms with E-state index in [1.807, 2.05) is 0 Å². The van der Waals surface area contributed by atoms with Gasteiger partial charge in [0.05, 0.1) is 28.2 Å². The minimum Gasteiger partial charge on any atom is -0.495 e. The summed E-state index contributed by atoms with van der Waals surface area (Å²) in [6, 6.07) is 5.40. The van der Waals surface area contributed by atoms with Gasteiger partial charge in [0.2, 0.25) is 0 Å². The highest BCUT2D eigenvalue weighted by molar-refractivity contribution is 5.75. The average molecular weight is 357 g/mol. The zero-order valence-electron chi connectivity index (χ0n) is 12.5. The van der Waals surface area contributed by atoms with Crippen LogP contribution in [-0.4, -0.2) is 17.0 Å². The van der Waals surface area contributed by atoms with Crippen LogP contribution >= 0.6 is 0 Å². The second kappa shape index (κ2) is 6.63. The van der Waals surface area contributed by atoms with E-state index in [1.165, 1.54) is 13.2 Å². The molecule has 2 aromatic rings. The van der Waals surface area contributed by atoms with Gasteiger partial charge in [0.25, 0.3) is 11.4 Å². The number of anilines is 2. The number of halogens is 3. The number of hydrogen-bond acceptors (Lipinski definition) is 6. The first kappa shape index (κ1) is 18.0. The number of nitrogens with one attached hydrogen (secondary N) is 1. The van der Waals surface area contributed by atoms with Crippen molar-refractivity contribution in [3.05, 3.63) is 62.2 Å². The lowest BCUT2D eigenvalue weighted by Crippen LogP contribution is -2.07. The summed E-state index contributed by atoms with van der Waals surface area (Å²) in [4.78, 5) is 20.2. The Hall–Kier alpha value is -3.37. The number of ether oxygens (including phenoxy) is 1. The number of non-ortho nitro benzene ring substituents is 1. The van der Waals surface area contributed by atoms with Crippen molar-refractivity contribution >= 4 is 22.7 Å². The smallest absolute Gasteiger partial charge is 0.416 e. The van der Waals surface area contributed by atoms with Crippen molar-refractivity contribution in [1.29, 1.82) is 0 Å². The average Bonchev–Trinajstić information content (AvgIpc) is 2.53. The lowest BCUT2D eigenvalue weighted by Gasteiger charge is -2.13. The van der Waals surface area contributed by atoms with Crippen LogP contribution in [0.3, 0.4) is 0 Å². The van der Waals surface area contributed by atoms with Crippen molar-refractivity contribution in [2.24, 2.45) is 0 Å². The summed E-state index contributed by atoms with van der Waals surface area (Å²) in [5.74, 6) is 0.125. The van der Waals surface area contributed by atoms with Gasteiger partial charge in [-0.3, -0.25) is 20.2 Å². The Labute approximate surface area is 138 Å². The van der Waals surface area contributed by atoms with Gasteiger partial charge in [-0.2, -0.15) is 13.2 Å². The number of rotatable bonds is 5. The van der Waals surface area contributed by atoms with Gasteiger partial charge >= 0.3 is 6.18 Å². The molecule has 0 unspecified atom stereocenters. The maximum absolute atomic E-state index is 12.7. The molecule has 2 aromatic carbocycles. The number of alkyl halides is 3. The third-order valence-corrected chi connectivity index (χ3v) is 3.18. The van der Waals surface area contributed by atoms with Gasteiger partial charge < -0.3 is 10.1 Å². The molecule has 0 aromatic heterocycles. The molecule has 0 radical (unpaired) electrons. The van der Waals surface area contributed by atoms with Crippen LogP contribution in [0.4, 0.5) is 35.9 Å². The van der Waals surface area contributed by atoms with Gasteiger partial charge in [-0.15, -0.1) is 0 Å². The van der Waals surface area contributed by atoms with E-state index in [0.29, 0.717) is 12.1 Å². The minimum absolute atomic E-state index is 0.000409. The Kier molecular flexibility index (Phi) is 4.77. The zero-order chi connectivity index (χ0) is 18.8. The van der Waals surface area contributed by atoms with Crippen molar-refractivity contribution < 1.29 is 27.8 Å². The van der Waals surface area contributed by atoms with Crippen LogP contribution in [0, 0.1) is 20.2 Å². The van der Waals surface area contributed by atoms with Gasteiger partial charge in [-0.25, -0.2) is 0 Å². The van der Waals surface area contributed by atoms with Crippen LogP contribution < -0.4 is 10.1 Å². The fourth-order valence-electron chi connectivity index (χ4n) is 2.02. The van der Waals surface area contributed by atoms with E-state index in [-0.39, 0.29) is 22.8 Å². The van der Waals surface area contributed by atoms with Crippen LogP contribution in [0.5, 0.6) is 5.75 Å². The minimum atomic E-state index is -4.74. The van der Waals surface area contributed by atoms with Gasteiger partial charge in [-0.1, -0.05) is 0 Å². The van der Waals surface area contributed by atoms with E-state index >= 15 is 0 Å². The maximum Gasteiger partial charge on any atom is 0.416 e. The number of benzene rings is 2. The normalized spacial score (nSPS) is 11.0. The predicted octanol–water partition coefficient (Wildman–Crippen LogP) is 4.27. The summed E-state index contributed by atoms with van der Waals surface area (Å²) >= 11 is 0. The molecule has 0 atom stereocenters. The van der Waals surface area contributed by atoms with E-state index in [2.05, 4.69) is 5.32 Å². The largest absolute Gasteiger partial charge is 0.495 e. The second-order valence-corrected chi connectivity index (χ2v) is 4.75. The molecule has 0 aliphatic heterocycles. The first-order valence-electron chi connectivity index (χ1n) is 6.58. The summed E-state index contributed by atoms with van der Waals surface area (Å²) in [6.45, 7) is 0. The topological polar surface area (TPSA) is 108 Å². The van der Waals surface area contributed by atoms with E-state index in [1.54, 1.807) is 0 Å². The van der Waals surface area contributed by atoms with Gasteiger partial charge in [-0.05, 0) is 18.2 Å². The molecule has 8 nitrogen and oxygen atoms in total. The Morgan fingerprint density at radius 3 is 2.20 bits per heavy atom. The van der Waals surface area contributed by atoms with E-state index in [0.717, 1.165) is 18.2 Å². The SMILES string of the molecule is COc1ccc([N+](=O)[O-])cc1Nc1ccc(C(F)(F)F)cc1[N+](=O)[O-]. The summed E-state index contributed by atoms with van der Waals surface area (Å²) in [7, 11) is 1.27. The highest BCUT2D eigenvalue weighted by Gasteiger charge is 2.33. The van der Waals surface area contributed by atoms with Crippen molar-refractivity contribution in [1.82, 2.24) is 0 Å². The van der Waals surface area contributed by atoms with Crippen molar-refractivity contribution in [2.75, 3.05) is 12.4 Å². The molecule has 0 heterocycles. The van der Waals surface area contributed by atoms with Crippen LogP contribution in [0.1, 0.15) is 5.56 Å². The number of nitrogens with zero attached hydrogens (tertiary/aromatic N) is 2. The van der Waals surface area contributed by atoms with E-state index < -0.39 is 27.3 Å². The van der Waals surface area contributed by atoms with E-state index in [4.69, 9.17) is 4.74 Å². The second-order valence-electron chi connectivity index (χ2n) is 4.75. The van der Waals surface area contributed by atoms with Crippen LogP contribution in [-0.2, 0) is 6.18 Å². The summed E-state index contributed by atoms with van der Waals surface area (Å²) < 4.78 is 43.1. The molecule has 2 rings (SSSR count). The number of methoxy groups -OCH3 is 1. The molecule has 0 aliphatic carbocycles. The van der Waals surface area contributed by atoms with Crippen molar-refractivity contribution in [3.63, 3.8) is 0 Å². The van der Waals surface area contributed by atoms with Crippen LogP contribution in [0.25, 0.3) is 0 Å².